The van der Waals surface area contributed by atoms with E-state index in [-0.39, 0.29) is 6.54 Å². The van der Waals surface area contributed by atoms with Crippen LogP contribution in [0.4, 0.5) is 18.0 Å². The molecule has 5 nitrogen and oxygen atoms in total. The molecule has 2 amide bonds. The SMILES string of the molecule is CN(CC1(O)CCOCC1)C(=O)NCC(F)(F)F. The summed E-state index contributed by atoms with van der Waals surface area (Å²) in [6.45, 7) is -0.624. The summed E-state index contributed by atoms with van der Waals surface area (Å²) in [5, 5.41) is 11.8. The summed E-state index contributed by atoms with van der Waals surface area (Å²) < 4.78 is 40.8. The zero-order valence-electron chi connectivity index (χ0n) is 10.1. The van der Waals surface area contributed by atoms with E-state index in [1.165, 1.54) is 7.05 Å². The van der Waals surface area contributed by atoms with Crippen LogP contribution in [0.3, 0.4) is 0 Å². The number of nitrogens with one attached hydrogen (secondary N) is 1. The van der Waals surface area contributed by atoms with Gasteiger partial charge in [-0.25, -0.2) is 4.79 Å². The fourth-order valence-corrected chi connectivity index (χ4v) is 1.73. The molecule has 0 aromatic carbocycles. The molecule has 106 valence electrons. The molecule has 1 aliphatic heterocycles. The molecule has 0 aromatic rings. The summed E-state index contributed by atoms with van der Waals surface area (Å²) >= 11 is 0. The molecule has 1 heterocycles. The Kier molecular flexibility index (Phi) is 4.80. The standard InChI is InChI=1S/C10H17F3N2O3/c1-15(8(16)14-6-10(11,12)13)7-9(17)2-4-18-5-3-9/h17H,2-7H2,1H3,(H,14,16). The predicted molar refractivity (Wildman–Crippen MR) is 57.1 cm³/mol. The minimum atomic E-state index is -4.44. The fraction of sp³-hybridized carbons (Fsp3) is 0.900. The molecule has 0 radical (unpaired) electrons. The largest absolute Gasteiger partial charge is 0.405 e. The van der Waals surface area contributed by atoms with Gasteiger partial charge in [0.05, 0.1) is 12.1 Å². The molecule has 0 bridgehead atoms. The first-order chi connectivity index (χ1) is 8.22. The molecule has 0 aliphatic carbocycles. The maximum atomic E-state index is 11.9. The van der Waals surface area contributed by atoms with Gasteiger partial charge >= 0.3 is 12.2 Å². The number of rotatable bonds is 3. The lowest BCUT2D eigenvalue weighted by molar-refractivity contribution is -0.123. The summed E-state index contributed by atoms with van der Waals surface area (Å²) in [5.74, 6) is 0. The monoisotopic (exact) mass is 270 g/mol. The average Bonchev–Trinajstić information content (AvgIpc) is 2.25. The Morgan fingerprint density at radius 1 is 1.44 bits per heavy atom. The zero-order chi connectivity index (χ0) is 13.8. The van der Waals surface area contributed by atoms with E-state index in [2.05, 4.69) is 0 Å². The van der Waals surface area contributed by atoms with E-state index < -0.39 is 24.4 Å². The van der Waals surface area contributed by atoms with Crippen LogP contribution in [0, 0.1) is 0 Å². The third-order valence-electron chi connectivity index (χ3n) is 2.74. The number of hydrogen-bond donors (Lipinski definition) is 2. The van der Waals surface area contributed by atoms with Gasteiger partial charge in [0.15, 0.2) is 0 Å². The third kappa shape index (κ3) is 5.09. The van der Waals surface area contributed by atoms with Gasteiger partial charge in [-0.3, -0.25) is 0 Å². The van der Waals surface area contributed by atoms with Crippen LogP contribution in [0.25, 0.3) is 0 Å². The van der Waals surface area contributed by atoms with Gasteiger partial charge < -0.3 is 20.1 Å². The van der Waals surface area contributed by atoms with Crippen molar-refractivity contribution in [2.24, 2.45) is 0 Å². The van der Waals surface area contributed by atoms with Crippen LogP contribution < -0.4 is 5.32 Å². The first-order valence-electron chi connectivity index (χ1n) is 5.58. The number of nitrogens with zero attached hydrogens (tertiary/aromatic N) is 1. The van der Waals surface area contributed by atoms with Gasteiger partial charge in [0.1, 0.15) is 6.54 Å². The van der Waals surface area contributed by atoms with Crippen LogP contribution in [-0.2, 0) is 4.74 Å². The Bertz CT molecular complexity index is 291. The molecular weight excluding hydrogens is 253 g/mol. The molecule has 0 spiro atoms. The van der Waals surface area contributed by atoms with Crippen molar-refractivity contribution in [3.8, 4) is 0 Å². The Morgan fingerprint density at radius 3 is 2.50 bits per heavy atom. The van der Waals surface area contributed by atoms with Gasteiger partial charge in [-0.2, -0.15) is 13.2 Å². The molecule has 2 N–H and O–H groups in total. The summed E-state index contributed by atoms with van der Waals surface area (Å²) in [4.78, 5) is 12.4. The van der Waals surface area contributed by atoms with Crippen LogP contribution >= 0.6 is 0 Å². The number of hydrogen-bond acceptors (Lipinski definition) is 3. The minimum Gasteiger partial charge on any atom is -0.388 e. The first kappa shape index (κ1) is 15.0. The van der Waals surface area contributed by atoms with Gasteiger partial charge in [-0.1, -0.05) is 0 Å². The van der Waals surface area contributed by atoms with Crippen molar-refractivity contribution >= 4 is 6.03 Å². The van der Waals surface area contributed by atoms with E-state index in [0.29, 0.717) is 26.1 Å². The quantitative estimate of drug-likeness (QED) is 0.795. The lowest BCUT2D eigenvalue weighted by Gasteiger charge is -2.35. The number of urea groups is 1. The number of carbonyl (C=O) groups excluding carboxylic acids is 1. The van der Waals surface area contributed by atoms with Crippen LogP contribution in [0.15, 0.2) is 0 Å². The van der Waals surface area contributed by atoms with Gasteiger partial charge in [-0.05, 0) is 0 Å². The van der Waals surface area contributed by atoms with Crippen molar-refractivity contribution in [1.82, 2.24) is 10.2 Å². The van der Waals surface area contributed by atoms with E-state index in [1.54, 1.807) is 5.32 Å². The number of ether oxygens (including phenoxy) is 1. The summed E-state index contributed by atoms with van der Waals surface area (Å²) in [6, 6.07) is -0.854. The molecule has 8 heteroatoms. The number of alkyl halides is 3. The predicted octanol–water partition coefficient (Wildman–Crippen LogP) is 0.732. The highest BCUT2D eigenvalue weighted by Crippen LogP contribution is 2.21. The molecule has 0 atom stereocenters. The molecule has 18 heavy (non-hydrogen) atoms. The van der Waals surface area contributed by atoms with Gasteiger partial charge in [0.25, 0.3) is 0 Å². The van der Waals surface area contributed by atoms with Gasteiger partial charge in [-0.15, -0.1) is 0 Å². The number of halogens is 3. The fourth-order valence-electron chi connectivity index (χ4n) is 1.73. The van der Waals surface area contributed by atoms with E-state index in [1.807, 2.05) is 0 Å². The first-order valence-corrected chi connectivity index (χ1v) is 5.58. The maximum Gasteiger partial charge on any atom is 0.405 e. The zero-order valence-corrected chi connectivity index (χ0v) is 10.1. The highest BCUT2D eigenvalue weighted by Gasteiger charge is 2.33. The van der Waals surface area contributed by atoms with Crippen molar-refractivity contribution in [2.75, 3.05) is 33.4 Å². The summed E-state index contributed by atoms with van der Waals surface area (Å²) in [6.07, 6.45) is -3.71. The average molecular weight is 270 g/mol. The minimum absolute atomic E-state index is 0.0138. The van der Waals surface area contributed by atoms with E-state index in [9.17, 15) is 23.1 Å². The lowest BCUT2D eigenvalue weighted by atomic mass is 9.94. The Balaban J connectivity index is 2.39. The molecule has 1 saturated heterocycles. The van der Waals surface area contributed by atoms with Crippen molar-refractivity contribution in [1.29, 1.82) is 0 Å². The molecule has 1 aliphatic rings. The number of aliphatic hydroxyl groups is 1. The third-order valence-corrected chi connectivity index (χ3v) is 2.74. The summed E-state index contributed by atoms with van der Waals surface area (Å²) in [7, 11) is 1.35. The van der Waals surface area contributed by atoms with E-state index in [4.69, 9.17) is 4.74 Å². The topological polar surface area (TPSA) is 61.8 Å². The van der Waals surface area contributed by atoms with Crippen LogP contribution in [0.1, 0.15) is 12.8 Å². The van der Waals surface area contributed by atoms with Crippen LogP contribution in [0.5, 0.6) is 0 Å². The Morgan fingerprint density at radius 2 is 2.00 bits per heavy atom. The molecule has 1 fully saturated rings. The maximum absolute atomic E-state index is 11.9. The highest BCUT2D eigenvalue weighted by molar-refractivity contribution is 5.73. The number of likely N-dealkylation sites (N-methyl/N-ethyl adjacent to an activating group) is 1. The van der Waals surface area contributed by atoms with Crippen LogP contribution in [-0.4, -0.2) is 61.2 Å². The lowest BCUT2D eigenvalue weighted by Crippen LogP contribution is -2.50. The second-order valence-corrected chi connectivity index (χ2v) is 4.47. The molecular formula is C10H17F3N2O3. The van der Waals surface area contributed by atoms with Crippen molar-refractivity contribution in [3.63, 3.8) is 0 Å². The summed E-state index contributed by atoms with van der Waals surface area (Å²) in [5.41, 5.74) is -1.08. The Hall–Kier alpha value is -1.02. The van der Waals surface area contributed by atoms with Crippen molar-refractivity contribution in [2.45, 2.75) is 24.6 Å². The van der Waals surface area contributed by atoms with Crippen molar-refractivity contribution < 1.29 is 27.8 Å². The molecule has 0 aromatic heterocycles. The normalized spacial score (nSPS) is 19.4. The highest BCUT2D eigenvalue weighted by atomic mass is 19.4. The molecule has 0 saturated carbocycles. The van der Waals surface area contributed by atoms with E-state index in [0.717, 1.165) is 4.90 Å². The number of carbonyl (C=O) groups is 1. The molecule has 1 rings (SSSR count). The smallest absolute Gasteiger partial charge is 0.388 e. The molecule has 0 unspecified atom stereocenters. The van der Waals surface area contributed by atoms with Crippen molar-refractivity contribution in [3.05, 3.63) is 0 Å². The second kappa shape index (κ2) is 5.75. The van der Waals surface area contributed by atoms with Gasteiger partial charge in [0.2, 0.25) is 0 Å². The number of amides is 2. The van der Waals surface area contributed by atoms with E-state index >= 15 is 0 Å². The second-order valence-electron chi connectivity index (χ2n) is 4.47. The van der Waals surface area contributed by atoms with Crippen LogP contribution in [0.2, 0.25) is 0 Å². The van der Waals surface area contributed by atoms with Gasteiger partial charge in [0, 0.05) is 33.1 Å². The Labute approximate surface area is 103 Å².